The highest BCUT2D eigenvalue weighted by Gasteiger charge is 2.17. The molecular weight excluding hydrogens is 218 g/mol. The van der Waals surface area contributed by atoms with Crippen LogP contribution < -0.4 is 14.8 Å². The van der Waals surface area contributed by atoms with E-state index in [0.29, 0.717) is 17.5 Å². The number of hydrogen-bond donors (Lipinski definition) is 2. The maximum absolute atomic E-state index is 9.81. The van der Waals surface area contributed by atoms with Crippen LogP contribution in [0.1, 0.15) is 18.4 Å². The molecule has 2 rings (SSSR count). The van der Waals surface area contributed by atoms with E-state index < -0.39 is 0 Å². The van der Waals surface area contributed by atoms with Crippen LogP contribution in [0.5, 0.6) is 17.2 Å². The topological polar surface area (TPSA) is 50.7 Å². The van der Waals surface area contributed by atoms with E-state index in [9.17, 15) is 5.11 Å². The van der Waals surface area contributed by atoms with E-state index in [-0.39, 0.29) is 5.75 Å². The van der Waals surface area contributed by atoms with E-state index in [4.69, 9.17) is 9.47 Å². The van der Waals surface area contributed by atoms with Crippen LogP contribution in [0.25, 0.3) is 0 Å². The molecule has 1 aromatic carbocycles. The smallest absolute Gasteiger partial charge is 0.200 e. The van der Waals surface area contributed by atoms with Crippen molar-refractivity contribution in [2.24, 2.45) is 0 Å². The molecule has 1 saturated heterocycles. The summed E-state index contributed by atoms with van der Waals surface area (Å²) in [5.74, 6) is 1.01. The highest BCUT2D eigenvalue weighted by atomic mass is 16.5. The summed E-state index contributed by atoms with van der Waals surface area (Å²) in [6.07, 6.45) is 3.37. The van der Waals surface area contributed by atoms with Crippen LogP contribution in [0.4, 0.5) is 0 Å². The second kappa shape index (κ2) is 5.27. The van der Waals surface area contributed by atoms with Crippen LogP contribution in [-0.4, -0.2) is 31.9 Å². The molecule has 94 valence electrons. The number of hydrogen-bond acceptors (Lipinski definition) is 4. The summed E-state index contributed by atoms with van der Waals surface area (Å²) >= 11 is 0. The Kier molecular flexibility index (Phi) is 3.74. The Bertz CT molecular complexity index is 361. The Morgan fingerprint density at radius 1 is 1.29 bits per heavy atom. The van der Waals surface area contributed by atoms with Gasteiger partial charge in [0.15, 0.2) is 11.5 Å². The fraction of sp³-hybridized carbons (Fsp3) is 0.538. The third-order valence-electron chi connectivity index (χ3n) is 3.18. The van der Waals surface area contributed by atoms with Crippen molar-refractivity contribution in [2.75, 3.05) is 20.8 Å². The van der Waals surface area contributed by atoms with Gasteiger partial charge in [-0.05, 0) is 43.5 Å². The number of methoxy groups -OCH3 is 2. The largest absolute Gasteiger partial charge is 0.502 e. The summed E-state index contributed by atoms with van der Waals surface area (Å²) in [4.78, 5) is 0. The zero-order valence-electron chi connectivity index (χ0n) is 10.3. The summed E-state index contributed by atoms with van der Waals surface area (Å²) in [6, 6.07) is 4.27. The van der Waals surface area contributed by atoms with E-state index in [0.717, 1.165) is 18.5 Å². The summed E-state index contributed by atoms with van der Waals surface area (Å²) in [5, 5.41) is 13.3. The van der Waals surface area contributed by atoms with Gasteiger partial charge < -0.3 is 19.9 Å². The van der Waals surface area contributed by atoms with Gasteiger partial charge >= 0.3 is 0 Å². The lowest BCUT2D eigenvalue weighted by Crippen LogP contribution is -2.23. The molecular formula is C13H19NO3. The molecule has 1 fully saturated rings. The average molecular weight is 237 g/mol. The zero-order valence-corrected chi connectivity index (χ0v) is 10.3. The highest BCUT2D eigenvalue weighted by molar-refractivity contribution is 5.52. The summed E-state index contributed by atoms with van der Waals surface area (Å²) in [7, 11) is 3.10. The summed E-state index contributed by atoms with van der Waals surface area (Å²) in [6.45, 7) is 1.09. The standard InChI is InChI=1S/C13H19NO3/c1-16-11-7-9(6-10-4-3-5-14-10)8-12(17-2)13(11)15/h7-8,10,14-15H,3-6H2,1-2H3. The Morgan fingerprint density at radius 3 is 2.41 bits per heavy atom. The molecule has 1 aromatic rings. The van der Waals surface area contributed by atoms with E-state index in [1.807, 2.05) is 12.1 Å². The molecule has 1 heterocycles. The molecule has 0 spiro atoms. The van der Waals surface area contributed by atoms with Crippen LogP contribution in [0, 0.1) is 0 Å². The van der Waals surface area contributed by atoms with Gasteiger partial charge in [0, 0.05) is 6.04 Å². The van der Waals surface area contributed by atoms with Crippen molar-refractivity contribution < 1.29 is 14.6 Å². The van der Waals surface area contributed by atoms with Gasteiger partial charge in [0.2, 0.25) is 5.75 Å². The van der Waals surface area contributed by atoms with Gasteiger partial charge in [0.05, 0.1) is 14.2 Å². The molecule has 0 bridgehead atoms. The van der Waals surface area contributed by atoms with Gasteiger partial charge in [-0.15, -0.1) is 0 Å². The van der Waals surface area contributed by atoms with Gasteiger partial charge in [0.25, 0.3) is 0 Å². The number of phenols is 1. The molecule has 0 saturated carbocycles. The Hall–Kier alpha value is -1.42. The fourth-order valence-corrected chi connectivity index (χ4v) is 2.28. The second-order valence-electron chi connectivity index (χ2n) is 4.35. The van der Waals surface area contributed by atoms with E-state index in [1.54, 1.807) is 14.2 Å². The van der Waals surface area contributed by atoms with Crippen LogP contribution in [0.15, 0.2) is 12.1 Å². The number of nitrogens with one attached hydrogen (secondary N) is 1. The molecule has 1 aliphatic heterocycles. The molecule has 2 N–H and O–H groups in total. The van der Waals surface area contributed by atoms with E-state index >= 15 is 0 Å². The Balaban J connectivity index is 2.21. The van der Waals surface area contributed by atoms with Gasteiger partial charge in [-0.2, -0.15) is 0 Å². The minimum Gasteiger partial charge on any atom is -0.502 e. The predicted octanol–water partition coefficient (Wildman–Crippen LogP) is 1.70. The van der Waals surface area contributed by atoms with Crippen molar-refractivity contribution in [3.8, 4) is 17.2 Å². The number of benzene rings is 1. The maximum atomic E-state index is 9.81. The van der Waals surface area contributed by atoms with Crippen molar-refractivity contribution in [3.63, 3.8) is 0 Å². The van der Waals surface area contributed by atoms with Gasteiger partial charge in [-0.3, -0.25) is 0 Å². The van der Waals surface area contributed by atoms with E-state index in [1.165, 1.54) is 12.8 Å². The van der Waals surface area contributed by atoms with Gasteiger partial charge in [-0.25, -0.2) is 0 Å². The normalized spacial score (nSPS) is 19.3. The molecule has 0 aliphatic carbocycles. The van der Waals surface area contributed by atoms with Crippen LogP contribution in [0.3, 0.4) is 0 Å². The number of phenolic OH excluding ortho intramolecular Hbond substituents is 1. The fourth-order valence-electron chi connectivity index (χ4n) is 2.28. The van der Waals surface area contributed by atoms with Crippen molar-refractivity contribution >= 4 is 0 Å². The molecule has 1 atom stereocenters. The first-order chi connectivity index (χ1) is 8.24. The number of rotatable bonds is 4. The van der Waals surface area contributed by atoms with Crippen LogP contribution in [-0.2, 0) is 6.42 Å². The highest BCUT2D eigenvalue weighted by Crippen LogP contribution is 2.37. The lowest BCUT2D eigenvalue weighted by molar-refractivity contribution is 0.339. The SMILES string of the molecule is COc1cc(CC2CCCN2)cc(OC)c1O. The molecule has 17 heavy (non-hydrogen) atoms. The monoisotopic (exact) mass is 237 g/mol. The van der Waals surface area contributed by atoms with E-state index in [2.05, 4.69) is 5.32 Å². The van der Waals surface area contributed by atoms with Gasteiger partial charge in [0.1, 0.15) is 0 Å². The predicted molar refractivity (Wildman–Crippen MR) is 65.9 cm³/mol. The molecule has 4 nitrogen and oxygen atoms in total. The molecule has 0 radical (unpaired) electrons. The lowest BCUT2D eigenvalue weighted by atomic mass is 10.0. The second-order valence-corrected chi connectivity index (χ2v) is 4.35. The first-order valence-electron chi connectivity index (χ1n) is 5.92. The molecule has 0 aromatic heterocycles. The van der Waals surface area contributed by atoms with Crippen LogP contribution in [0.2, 0.25) is 0 Å². The van der Waals surface area contributed by atoms with Crippen molar-refractivity contribution in [1.29, 1.82) is 0 Å². The first kappa shape index (κ1) is 12.0. The molecule has 4 heteroatoms. The van der Waals surface area contributed by atoms with Crippen molar-refractivity contribution in [1.82, 2.24) is 5.32 Å². The molecule has 0 amide bonds. The summed E-state index contributed by atoms with van der Waals surface area (Å²) in [5.41, 5.74) is 1.12. The third kappa shape index (κ3) is 2.64. The summed E-state index contributed by atoms with van der Waals surface area (Å²) < 4.78 is 10.3. The molecule has 1 aliphatic rings. The first-order valence-corrected chi connectivity index (χ1v) is 5.92. The third-order valence-corrected chi connectivity index (χ3v) is 3.18. The Labute approximate surface area is 102 Å². The van der Waals surface area contributed by atoms with Crippen molar-refractivity contribution in [2.45, 2.75) is 25.3 Å². The molecule has 1 unspecified atom stereocenters. The zero-order chi connectivity index (χ0) is 12.3. The average Bonchev–Trinajstić information content (AvgIpc) is 2.84. The Morgan fingerprint density at radius 2 is 1.94 bits per heavy atom. The number of aromatic hydroxyl groups is 1. The van der Waals surface area contributed by atoms with Crippen LogP contribution >= 0.6 is 0 Å². The van der Waals surface area contributed by atoms with Gasteiger partial charge in [-0.1, -0.05) is 0 Å². The minimum absolute atomic E-state index is 0.0677. The lowest BCUT2D eigenvalue weighted by Gasteiger charge is -2.14. The van der Waals surface area contributed by atoms with Crippen molar-refractivity contribution in [3.05, 3.63) is 17.7 Å². The maximum Gasteiger partial charge on any atom is 0.200 e. The quantitative estimate of drug-likeness (QED) is 0.837. The minimum atomic E-state index is 0.0677. The number of ether oxygens (including phenoxy) is 2.